The van der Waals surface area contributed by atoms with Gasteiger partial charge in [-0.15, -0.1) is 11.3 Å². The molecular formula is C17H18N4OS. The summed E-state index contributed by atoms with van der Waals surface area (Å²) in [6, 6.07) is 10.2. The van der Waals surface area contributed by atoms with Crippen molar-refractivity contribution in [3.05, 3.63) is 52.0 Å². The molecule has 3 heterocycles. The number of imidazole rings is 1. The fraction of sp³-hybridized carbons (Fsp3) is 0.294. The highest BCUT2D eigenvalue weighted by Gasteiger charge is 2.33. The molecule has 0 radical (unpaired) electrons. The number of rotatable bonds is 3. The van der Waals surface area contributed by atoms with E-state index in [9.17, 15) is 4.79 Å². The summed E-state index contributed by atoms with van der Waals surface area (Å²) in [5.41, 5.74) is 3.28. The summed E-state index contributed by atoms with van der Waals surface area (Å²) in [6.07, 6.45) is 0. The number of thiophene rings is 1. The molecular weight excluding hydrogens is 308 g/mol. The molecule has 0 spiro atoms. The number of aromatic nitrogens is 2. The molecule has 1 saturated heterocycles. The lowest BCUT2D eigenvalue weighted by Crippen LogP contribution is -2.52. The van der Waals surface area contributed by atoms with E-state index in [2.05, 4.69) is 34.3 Å². The van der Waals surface area contributed by atoms with Crippen LogP contribution in [0.1, 0.15) is 22.2 Å². The highest BCUT2D eigenvalue weighted by Crippen LogP contribution is 2.27. The van der Waals surface area contributed by atoms with Crippen molar-refractivity contribution in [2.24, 2.45) is 0 Å². The maximum atomic E-state index is 12.1. The van der Waals surface area contributed by atoms with Gasteiger partial charge in [0.25, 0.3) is 0 Å². The van der Waals surface area contributed by atoms with E-state index in [0.717, 1.165) is 29.9 Å². The van der Waals surface area contributed by atoms with Crippen molar-refractivity contribution < 1.29 is 4.79 Å². The summed E-state index contributed by atoms with van der Waals surface area (Å²) < 4.78 is 0. The summed E-state index contributed by atoms with van der Waals surface area (Å²) in [5, 5.41) is 4.98. The number of amides is 2. The van der Waals surface area contributed by atoms with Crippen LogP contribution in [0.3, 0.4) is 0 Å². The van der Waals surface area contributed by atoms with E-state index in [1.165, 1.54) is 10.4 Å². The van der Waals surface area contributed by atoms with Gasteiger partial charge in [0.15, 0.2) is 0 Å². The fourth-order valence-corrected chi connectivity index (χ4v) is 3.49. The monoisotopic (exact) mass is 326 g/mol. The molecule has 1 aliphatic heterocycles. The van der Waals surface area contributed by atoms with Crippen LogP contribution in [0.4, 0.5) is 4.79 Å². The van der Waals surface area contributed by atoms with Crippen LogP contribution in [0, 0.1) is 6.92 Å². The van der Waals surface area contributed by atoms with E-state index in [1.807, 2.05) is 28.5 Å². The zero-order chi connectivity index (χ0) is 15.8. The lowest BCUT2D eigenvalue weighted by molar-refractivity contribution is 0.148. The number of H-pyrrole nitrogens is 1. The lowest BCUT2D eigenvalue weighted by atomic mass is 10.0. The van der Waals surface area contributed by atoms with Crippen molar-refractivity contribution in [2.75, 3.05) is 13.1 Å². The third-order valence-corrected chi connectivity index (χ3v) is 5.08. The molecule has 0 aliphatic carbocycles. The standard InChI is InChI=1S/C17H18N4OS/c1-11-4-5-14-15(7-11)20-16(19-14)12-9-21(10-12)17(22)18-8-13-3-2-6-23-13/h2-7,12H,8-10H2,1H3,(H,18,22)(H,19,20). The fourth-order valence-electron chi connectivity index (χ4n) is 2.84. The van der Waals surface area contributed by atoms with Crippen molar-refractivity contribution in [1.82, 2.24) is 20.2 Å². The average molecular weight is 326 g/mol. The normalized spacial score (nSPS) is 14.9. The van der Waals surface area contributed by atoms with Crippen molar-refractivity contribution in [1.29, 1.82) is 0 Å². The average Bonchev–Trinajstić information content (AvgIpc) is 3.12. The number of urea groups is 1. The minimum Gasteiger partial charge on any atom is -0.342 e. The molecule has 118 valence electrons. The largest absolute Gasteiger partial charge is 0.342 e. The number of benzene rings is 1. The van der Waals surface area contributed by atoms with Gasteiger partial charge in [-0.25, -0.2) is 9.78 Å². The van der Waals surface area contributed by atoms with Crippen molar-refractivity contribution in [3.63, 3.8) is 0 Å². The van der Waals surface area contributed by atoms with Gasteiger partial charge in [0.05, 0.1) is 23.5 Å². The van der Waals surface area contributed by atoms with E-state index in [1.54, 1.807) is 11.3 Å². The van der Waals surface area contributed by atoms with Gasteiger partial charge in [-0.1, -0.05) is 12.1 Å². The third-order valence-electron chi connectivity index (χ3n) is 4.21. The van der Waals surface area contributed by atoms with Crippen LogP contribution in [-0.4, -0.2) is 34.0 Å². The Morgan fingerprint density at radius 3 is 3.09 bits per heavy atom. The second-order valence-corrected chi connectivity index (χ2v) is 7.01. The van der Waals surface area contributed by atoms with Crippen molar-refractivity contribution in [2.45, 2.75) is 19.4 Å². The molecule has 1 aromatic carbocycles. The molecule has 2 N–H and O–H groups in total. The maximum absolute atomic E-state index is 12.1. The number of hydrogen-bond acceptors (Lipinski definition) is 3. The quantitative estimate of drug-likeness (QED) is 0.776. The summed E-state index contributed by atoms with van der Waals surface area (Å²) in [5.74, 6) is 1.28. The predicted octanol–water partition coefficient (Wildman–Crippen LogP) is 3.24. The maximum Gasteiger partial charge on any atom is 0.317 e. The predicted molar refractivity (Wildman–Crippen MR) is 91.7 cm³/mol. The Labute approximate surface area is 138 Å². The Kier molecular flexibility index (Phi) is 3.53. The number of hydrogen-bond donors (Lipinski definition) is 2. The van der Waals surface area contributed by atoms with Gasteiger partial charge < -0.3 is 15.2 Å². The van der Waals surface area contributed by atoms with Crippen LogP contribution >= 0.6 is 11.3 Å². The molecule has 0 atom stereocenters. The first kappa shape index (κ1) is 14.3. The van der Waals surface area contributed by atoms with Gasteiger partial charge in [0.2, 0.25) is 0 Å². The van der Waals surface area contributed by atoms with Crippen molar-refractivity contribution in [3.8, 4) is 0 Å². The zero-order valence-corrected chi connectivity index (χ0v) is 13.7. The molecule has 1 fully saturated rings. The van der Waals surface area contributed by atoms with E-state index in [4.69, 9.17) is 0 Å². The number of fused-ring (bicyclic) bond motifs is 1. The Balaban J connectivity index is 1.35. The molecule has 2 aromatic heterocycles. The molecule has 3 aromatic rings. The Morgan fingerprint density at radius 1 is 1.43 bits per heavy atom. The number of nitrogens with one attached hydrogen (secondary N) is 2. The van der Waals surface area contributed by atoms with Gasteiger partial charge in [-0.3, -0.25) is 0 Å². The van der Waals surface area contributed by atoms with Gasteiger partial charge in [-0.05, 0) is 36.1 Å². The third kappa shape index (κ3) is 2.82. The van der Waals surface area contributed by atoms with Crippen LogP contribution in [-0.2, 0) is 6.54 Å². The van der Waals surface area contributed by atoms with E-state index in [0.29, 0.717) is 12.5 Å². The highest BCUT2D eigenvalue weighted by molar-refractivity contribution is 7.09. The molecule has 0 bridgehead atoms. The second-order valence-electron chi connectivity index (χ2n) is 5.98. The molecule has 6 heteroatoms. The molecule has 2 amide bonds. The number of carbonyl (C=O) groups is 1. The van der Waals surface area contributed by atoms with Crippen LogP contribution in [0.25, 0.3) is 11.0 Å². The van der Waals surface area contributed by atoms with Gasteiger partial charge in [-0.2, -0.15) is 0 Å². The minimum absolute atomic E-state index is 0.00149. The molecule has 1 aliphatic rings. The first-order valence-electron chi connectivity index (χ1n) is 7.70. The zero-order valence-electron chi connectivity index (χ0n) is 12.9. The van der Waals surface area contributed by atoms with Crippen LogP contribution in [0.2, 0.25) is 0 Å². The van der Waals surface area contributed by atoms with Crippen LogP contribution in [0.5, 0.6) is 0 Å². The van der Waals surface area contributed by atoms with Gasteiger partial charge in [0.1, 0.15) is 5.82 Å². The Bertz CT molecular complexity index is 834. The van der Waals surface area contributed by atoms with Crippen molar-refractivity contribution >= 4 is 28.4 Å². The Morgan fingerprint density at radius 2 is 2.30 bits per heavy atom. The molecule has 23 heavy (non-hydrogen) atoms. The number of likely N-dealkylation sites (tertiary alicyclic amines) is 1. The van der Waals surface area contributed by atoms with Crippen LogP contribution < -0.4 is 5.32 Å². The van der Waals surface area contributed by atoms with Gasteiger partial charge in [0, 0.05) is 18.0 Å². The van der Waals surface area contributed by atoms with E-state index >= 15 is 0 Å². The lowest BCUT2D eigenvalue weighted by Gasteiger charge is -2.37. The summed E-state index contributed by atoms with van der Waals surface area (Å²) in [6.45, 7) is 4.11. The van der Waals surface area contributed by atoms with E-state index < -0.39 is 0 Å². The summed E-state index contributed by atoms with van der Waals surface area (Å²) in [7, 11) is 0. The molecule has 0 saturated carbocycles. The number of aromatic amines is 1. The van der Waals surface area contributed by atoms with E-state index in [-0.39, 0.29) is 6.03 Å². The highest BCUT2D eigenvalue weighted by atomic mass is 32.1. The number of aryl methyl sites for hydroxylation is 1. The molecule has 0 unspecified atom stereocenters. The smallest absolute Gasteiger partial charge is 0.317 e. The first-order valence-corrected chi connectivity index (χ1v) is 8.58. The number of nitrogens with zero attached hydrogens (tertiary/aromatic N) is 2. The van der Waals surface area contributed by atoms with Crippen LogP contribution in [0.15, 0.2) is 35.7 Å². The second kappa shape index (κ2) is 5.70. The van der Waals surface area contributed by atoms with Gasteiger partial charge >= 0.3 is 6.03 Å². The molecule has 5 nitrogen and oxygen atoms in total. The summed E-state index contributed by atoms with van der Waals surface area (Å²) in [4.78, 5) is 23.1. The molecule has 4 rings (SSSR count). The number of carbonyl (C=O) groups excluding carboxylic acids is 1. The Hall–Kier alpha value is -2.34. The first-order chi connectivity index (χ1) is 11.2. The SMILES string of the molecule is Cc1ccc2nc(C3CN(C(=O)NCc4cccs4)C3)[nH]c2c1. The summed E-state index contributed by atoms with van der Waals surface area (Å²) >= 11 is 1.65. The topological polar surface area (TPSA) is 61.0 Å². The minimum atomic E-state index is 0.00149.